The number of carbonyl (C=O) groups excluding carboxylic acids is 1. The molecule has 4 rings (SSSR count). The molecular formula is C21H19ClN4O2S. The van der Waals surface area contributed by atoms with E-state index >= 15 is 0 Å². The van der Waals surface area contributed by atoms with Gasteiger partial charge in [-0.25, -0.2) is 0 Å². The molecule has 0 spiro atoms. The van der Waals surface area contributed by atoms with Crippen molar-refractivity contribution >= 4 is 35.0 Å². The van der Waals surface area contributed by atoms with Crippen molar-refractivity contribution in [1.29, 1.82) is 0 Å². The van der Waals surface area contributed by atoms with Crippen LogP contribution in [0.4, 0.5) is 5.69 Å². The Balaban J connectivity index is 1.96. The third kappa shape index (κ3) is 3.80. The summed E-state index contributed by atoms with van der Waals surface area (Å²) in [6, 6.07) is 14.9. The van der Waals surface area contributed by atoms with Crippen LogP contribution in [0.1, 0.15) is 31.6 Å². The van der Waals surface area contributed by atoms with Crippen LogP contribution in [0.25, 0.3) is 11.3 Å². The lowest BCUT2D eigenvalue weighted by Crippen LogP contribution is -2.37. The maximum atomic E-state index is 13.2. The van der Waals surface area contributed by atoms with Crippen LogP contribution in [-0.2, 0) is 4.79 Å². The van der Waals surface area contributed by atoms with Gasteiger partial charge in [-0.05, 0) is 30.9 Å². The van der Waals surface area contributed by atoms with Crippen molar-refractivity contribution in [1.82, 2.24) is 15.2 Å². The van der Waals surface area contributed by atoms with Crippen molar-refractivity contribution in [3.05, 3.63) is 59.1 Å². The maximum absolute atomic E-state index is 13.2. The van der Waals surface area contributed by atoms with E-state index in [9.17, 15) is 4.79 Å². The predicted molar refractivity (Wildman–Crippen MR) is 114 cm³/mol. The summed E-state index contributed by atoms with van der Waals surface area (Å²) in [5, 5.41) is 9.59. The lowest BCUT2D eigenvalue weighted by Gasteiger charge is -2.31. The van der Waals surface area contributed by atoms with Crippen LogP contribution in [-0.4, -0.2) is 27.3 Å². The maximum Gasteiger partial charge on any atom is 0.247 e. The summed E-state index contributed by atoms with van der Waals surface area (Å²) in [4.78, 5) is 19.4. The molecule has 1 aliphatic heterocycles. The second-order valence-corrected chi connectivity index (χ2v) is 7.72. The highest BCUT2D eigenvalue weighted by molar-refractivity contribution is 7.98. The number of rotatable bonds is 4. The number of hydrogen-bond acceptors (Lipinski definition) is 6. The molecule has 0 bridgehead atoms. The standard InChI is InChI=1S/C21H19ClN4O2S/c1-3-7-17(27)26-16-11-5-4-10-15(16)18-19(23-21(29-2)25-24-18)28-20(26)13-8-6-9-14(22)12-13/h4-6,8-12,20H,3,7H2,1-2H3/t20-/m0/s1. The second-order valence-electron chi connectivity index (χ2n) is 6.51. The van der Waals surface area contributed by atoms with Gasteiger partial charge >= 0.3 is 0 Å². The number of aromatic nitrogens is 3. The topological polar surface area (TPSA) is 68.2 Å². The molecule has 29 heavy (non-hydrogen) atoms. The van der Waals surface area contributed by atoms with Crippen LogP contribution >= 0.6 is 23.4 Å². The fraction of sp³-hybridized carbons (Fsp3) is 0.238. The summed E-state index contributed by atoms with van der Waals surface area (Å²) in [7, 11) is 0. The molecule has 3 aromatic rings. The number of nitrogens with zero attached hydrogens (tertiary/aromatic N) is 4. The Bertz CT molecular complexity index is 1060. The number of para-hydroxylation sites is 1. The fourth-order valence-corrected chi connectivity index (χ4v) is 3.78. The quantitative estimate of drug-likeness (QED) is 0.538. The van der Waals surface area contributed by atoms with E-state index in [1.165, 1.54) is 11.8 Å². The zero-order chi connectivity index (χ0) is 20.4. The predicted octanol–water partition coefficient (Wildman–Crippen LogP) is 5.14. The third-order valence-corrected chi connectivity index (χ3v) is 5.33. The first-order chi connectivity index (χ1) is 14.1. The average Bonchev–Trinajstić information content (AvgIpc) is 2.88. The van der Waals surface area contributed by atoms with Gasteiger partial charge in [0.2, 0.25) is 23.2 Å². The van der Waals surface area contributed by atoms with Gasteiger partial charge in [0, 0.05) is 22.6 Å². The lowest BCUT2D eigenvalue weighted by molar-refractivity contribution is -0.120. The number of ether oxygens (including phenoxy) is 1. The van der Waals surface area contributed by atoms with E-state index in [1.807, 2.05) is 49.6 Å². The van der Waals surface area contributed by atoms with E-state index in [4.69, 9.17) is 16.3 Å². The van der Waals surface area contributed by atoms with Crippen molar-refractivity contribution in [3.8, 4) is 17.1 Å². The highest BCUT2D eigenvalue weighted by Gasteiger charge is 2.35. The third-order valence-electron chi connectivity index (χ3n) is 4.56. The number of amides is 1. The summed E-state index contributed by atoms with van der Waals surface area (Å²) in [5.41, 5.74) is 2.73. The number of fused-ring (bicyclic) bond motifs is 3. The monoisotopic (exact) mass is 426 g/mol. The Morgan fingerprint density at radius 2 is 2.03 bits per heavy atom. The molecule has 0 fully saturated rings. The highest BCUT2D eigenvalue weighted by Crippen LogP contribution is 2.43. The Morgan fingerprint density at radius 1 is 1.21 bits per heavy atom. The van der Waals surface area contributed by atoms with Crippen molar-refractivity contribution in [2.24, 2.45) is 0 Å². The van der Waals surface area contributed by atoms with E-state index in [1.54, 1.807) is 17.0 Å². The Labute approximate surface area is 178 Å². The minimum Gasteiger partial charge on any atom is -0.447 e. The summed E-state index contributed by atoms with van der Waals surface area (Å²) < 4.78 is 6.32. The minimum absolute atomic E-state index is 0.0456. The minimum atomic E-state index is -0.721. The Morgan fingerprint density at radius 3 is 2.79 bits per heavy atom. The first-order valence-corrected chi connectivity index (χ1v) is 10.8. The molecule has 1 amide bonds. The fourth-order valence-electron chi connectivity index (χ4n) is 3.28. The lowest BCUT2D eigenvalue weighted by atomic mass is 10.1. The second kappa shape index (κ2) is 8.39. The summed E-state index contributed by atoms with van der Waals surface area (Å²) in [6.07, 6.45) is 2.27. The van der Waals surface area contributed by atoms with Crippen LogP contribution in [0.2, 0.25) is 5.02 Å². The van der Waals surface area contributed by atoms with Crippen LogP contribution in [0.3, 0.4) is 0 Å². The van der Waals surface area contributed by atoms with E-state index in [-0.39, 0.29) is 5.91 Å². The summed E-state index contributed by atoms with van der Waals surface area (Å²) >= 11 is 7.62. The highest BCUT2D eigenvalue weighted by atomic mass is 35.5. The summed E-state index contributed by atoms with van der Waals surface area (Å²) in [6.45, 7) is 1.98. The molecule has 0 unspecified atom stereocenters. The van der Waals surface area contributed by atoms with E-state index in [0.717, 1.165) is 17.5 Å². The Hall–Kier alpha value is -2.64. The molecule has 0 saturated heterocycles. The first-order valence-electron chi connectivity index (χ1n) is 9.24. The molecule has 1 aromatic heterocycles. The van der Waals surface area contributed by atoms with Crippen LogP contribution in [0, 0.1) is 0 Å². The van der Waals surface area contributed by atoms with Gasteiger partial charge in [0.25, 0.3) is 0 Å². The molecule has 2 aromatic carbocycles. The molecule has 0 saturated carbocycles. The van der Waals surface area contributed by atoms with Gasteiger partial charge < -0.3 is 4.74 Å². The molecule has 2 heterocycles. The van der Waals surface area contributed by atoms with Gasteiger partial charge in [-0.3, -0.25) is 9.69 Å². The molecule has 1 aliphatic rings. The zero-order valence-corrected chi connectivity index (χ0v) is 17.6. The van der Waals surface area contributed by atoms with Gasteiger partial charge in [-0.2, -0.15) is 4.98 Å². The van der Waals surface area contributed by atoms with Crippen molar-refractivity contribution < 1.29 is 9.53 Å². The normalized spacial score (nSPS) is 15.1. The molecular weight excluding hydrogens is 408 g/mol. The summed E-state index contributed by atoms with van der Waals surface area (Å²) in [5.74, 6) is 0.296. The molecule has 0 N–H and O–H groups in total. The molecule has 1 atom stereocenters. The number of anilines is 1. The zero-order valence-electron chi connectivity index (χ0n) is 16.0. The van der Waals surface area contributed by atoms with Gasteiger partial charge in [0.05, 0.1) is 5.69 Å². The Kier molecular flexibility index (Phi) is 5.69. The number of hydrogen-bond donors (Lipinski definition) is 0. The molecule has 6 nitrogen and oxygen atoms in total. The number of thioether (sulfide) groups is 1. The first kappa shape index (κ1) is 19.7. The van der Waals surface area contributed by atoms with Crippen molar-refractivity contribution in [3.63, 3.8) is 0 Å². The van der Waals surface area contributed by atoms with Crippen LogP contribution in [0.15, 0.2) is 53.7 Å². The number of halogens is 1. The number of carbonyl (C=O) groups is 1. The largest absolute Gasteiger partial charge is 0.447 e. The molecule has 148 valence electrons. The molecule has 0 aliphatic carbocycles. The van der Waals surface area contributed by atoms with Crippen LogP contribution < -0.4 is 9.64 Å². The van der Waals surface area contributed by atoms with E-state index in [0.29, 0.717) is 33.9 Å². The van der Waals surface area contributed by atoms with Gasteiger partial charge in [-0.15, -0.1) is 10.2 Å². The van der Waals surface area contributed by atoms with Gasteiger partial charge in [-0.1, -0.05) is 60.6 Å². The van der Waals surface area contributed by atoms with E-state index < -0.39 is 6.23 Å². The molecule has 8 heteroatoms. The van der Waals surface area contributed by atoms with Crippen molar-refractivity contribution in [2.45, 2.75) is 31.1 Å². The SMILES string of the molecule is CCCC(=O)N1c2ccccc2-c2nnc(SC)nc2O[C@H]1c1cccc(Cl)c1. The molecule has 0 radical (unpaired) electrons. The smallest absolute Gasteiger partial charge is 0.247 e. The van der Waals surface area contributed by atoms with Gasteiger partial charge in [0.1, 0.15) is 0 Å². The average molecular weight is 427 g/mol. The van der Waals surface area contributed by atoms with Crippen LogP contribution in [0.5, 0.6) is 5.88 Å². The van der Waals surface area contributed by atoms with E-state index in [2.05, 4.69) is 15.2 Å². The van der Waals surface area contributed by atoms with Gasteiger partial charge in [0.15, 0.2) is 5.69 Å². The number of benzene rings is 2. The van der Waals surface area contributed by atoms with Crippen molar-refractivity contribution in [2.75, 3.05) is 11.2 Å².